The predicted molar refractivity (Wildman–Crippen MR) is 166 cm³/mol. The zero-order valence-electron chi connectivity index (χ0n) is 20.8. The van der Waals surface area contributed by atoms with Crippen molar-refractivity contribution in [1.82, 2.24) is 10.3 Å². The summed E-state index contributed by atoms with van der Waals surface area (Å²) in [7, 11) is 0. The normalized spacial score (nSPS) is 11.2. The zero-order valence-corrected chi connectivity index (χ0v) is 24.1. The number of nitrogens with one attached hydrogen (secondary N) is 3. The van der Waals surface area contributed by atoms with Gasteiger partial charge in [-0.25, -0.2) is 4.98 Å². The Kier molecular flexibility index (Phi) is 9.19. The molecule has 3 N–H and O–H groups in total. The molecule has 0 spiro atoms. The number of rotatable bonds is 10. The second-order valence-corrected chi connectivity index (χ2v) is 12.1. The molecule has 0 saturated heterocycles. The largest absolute Gasteiger partial charge is 0.321 e. The molecule has 0 aliphatic heterocycles. The molecule has 7 nitrogen and oxygen atoms in total. The minimum Gasteiger partial charge on any atom is -0.321 e. The van der Waals surface area contributed by atoms with Gasteiger partial charge in [-0.3, -0.25) is 14.4 Å². The first-order chi connectivity index (χ1) is 19.5. The molecule has 11 heteroatoms. The third kappa shape index (κ3) is 7.54. The molecular weight excluding hydrogens is 581 g/mol. The van der Waals surface area contributed by atoms with Gasteiger partial charge in [-0.2, -0.15) is 0 Å². The van der Waals surface area contributed by atoms with Gasteiger partial charge in [0.25, 0.3) is 11.8 Å². The van der Waals surface area contributed by atoms with Crippen LogP contribution in [0.1, 0.15) is 15.2 Å². The van der Waals surface area contributed by atoms with Crippen LogP contribution in [0.3, 0.4) is 0 Å². The minimum atomic E-state index is -0.442. The second-order valence-electron chi connectivity index (χ2n) is 8.22. The van der Waals surface area contributed by atoms with E-state index in [9.17, 15) is 14.4 Å². The molecule has 5 aromatic rings. The summed E-state index contributed by atoms with van der Waals surface area (Å²) in [5.74, 6) is -0.738. The topological polar surface area (TPSA) is 100 Å². The highest BCUT2D eigenvalue weighted by Gasteiger charge is 2.16. The number of aromatic nitrogens is 1. The average Bonchev–Trinajstić information content (AvgIpc) is 3.76. The number of benzene rings is 2. The Balaban J connectivity index is 1.16. The van der Waals surface area contributed by atoms with Gasteiger partial charge in [-0.15, -0.1) is 45.8 Å². The lowest BCUT2D eigenvalue weighted by Crippen LogP contribution is -2.30. The van der Waals surface area contributed by atoms with Gasteiger partial charge in [-0.1, -0.05) is 30.3 Å². The van der Waals surface area contributed by atoms with Gasteiger partial charge in [0.2, 0.25) is 5.91 Å². The average molecular weight is 603 g/mol. The van der Waals surface area contributed by atoms with Crippen LogP contribution >= 0.6 is 45.8 Å². The summed E-state index contributed by atoms with van der Waals surface area (Å²) in [4.78, 5) is 45.5. The highest BCUT2D eigenvalue weighted by atomic mass is 32.2. The number of nitrogens with zero attached hydrogens (tertiary/aromatic N) is 1. The molecule has 0 saturated carbocycles. The van der Waals surface area contributed by atoms with E-state index in [0.29, 0.717) is 16.4 Å². The van der Waals surface area contributed by atoms with Crippen molar-refractivity contribution in [2.75, 3.05) is 16.4 Å². The van der Waals surface area contributed by atoms with Crippen LogP contribution in [0.25, 0.3) is 16.6 Å². The predicted octanol–water partition coefficient (Wildman–Crippen LogP) is 7.07. The molecule has 0 radical (unpaired) electrons. The Hall–Kier alpha value is -4.03. The van der Waals surface area contributed by atoms with Crippen molar-refractivity contribution in [3.05, 3.63) is 111 Å². The van der Waals surface area contributed by atoms with Crippen LogP contribution < -0.4 is 16.0 Å². The number of carbonyl (C=O) groups excluding carboxylic acids is 3. The molecule has 0 fully saturated rings. The summed E-state index contributed by atoms with van der Waals surface area (Å²) in [6.45, 7) is 0. The molecule has 40 heavy (non-hydrogen) atoms. The van der Waals surface area contributed by atoms with Crippen molar-refractivity contribution in [1.29, 1.82) is 0 Å². The van der Waals surface area contributed by atoms with Gasteiger partial charge in [-0.05, 0) is 65.4 Å². The Labute approximate surface area is 247 Å². The van der Waals surface area contributed by atoms with Crippen molar-refractivity contribution in [3.8, 4) is 10.6 Å². The second kappa shape index (κ2) is 13.4. The van der Waals surface area contributed by atoms with Crippen LogP contribution in [-0.2, 0) is 9.59 Å². The maximum absolute atomic E-state index is 13.1. The number of thiophene rings is 2. The highest BCUT2D eigenvalue weighted by molar-refractivity contribution is 8.00. The Morgan fingerprint density at radius 1 is 0.825 bits per heavy atom. The van der Waals surface area contributed by atoms with E-state index in [1.165, 1.54) is 34.4 Å². The first-order valence-electron chi connectivity index (χ1n) is 12.0. The van der Waals surface area contributed by atoms with Crippen LogP contribution in [-0.4, -0.2) is 28.5 Å². The van der Waals surface area contributed by atoms with Crippen LogP contribution in [0, 0.1) is 0 Å². The van der Waals surface area contributed by atoms with Gasteiger partial charge in [0.1, 0.15) is 5.70 Å². The molecule has 2 aromatic carbocycles. The van der Waals surface area contributed by atoms with Crippen molar-refractivity contribution < 1.29 is 14.4 Å². The molecule has 3 aromatic heterocycles. The van der Waals surface area contributed by atoms with Crippen molar-refractivity contribution in [2.24, 2.45) is 0 Å². The Bertz CT molecular complexity index is 1610. The van der Waals surface area contributed by atoms with Crippen LogP contribution in [0.4, 0.5) is 10.8 Å². The van der Waals surface area contributed by atoms with Gasteiger partial charge in [0.15, 0.2) is 5.13 Å². The number of thiazole rings is 1. The lowest BCUT2D eigenvalue weighted by molar-refractivity contribution is -0.114. The number of hydrogen-bond acceptors (Lipinski definition) is 8. The van der Waals surface area contributed by atoms with Crippen molar-refractivity contribution in [2.45, 2.75) is 4.90 Å². The molecule has 0 bridgehead atoms. The summed E-state index contributed by atoms with van der Waals surface area (Å²) >= 11 is 5.84. The number of amides is 3. The monoisotopic (exact) mass is 602 g/mol. The number of thioether (sulfide) groups is 1. The molecular formula is C29H22N4O3S4. The Morgan fingerprint density at radius 2 is 1.60 bits per heavy atom. The van der Waals surface area contributed by atoms with E-state index in [1.807, 2.05) is 58.6 Å². The third-order valence-corrected chi connectivity index (χ3v) is 8.85. The van der Waals surface area contributed by atoms with E-state index in [0.717, 1.165) is 20.3 Å². The van der Waals surface area contributed by atoms with Crippen LogP contribution in [0.5, 0.6) is 0 Å². The summed E-state index contributed by atoms with van der Waals surface area (Å²) in [5.41, 5.74) is 2.01. The first kappa shape index (κ1) is 27.5. The number of carbonyl (C=O) groups is 3. The Morgan fingerprint density at radius 3 is 2.33 bits per heavy atom. The van der Waals surface area contributed by atoms with Crippen LogP contribution in [0.2, 0.25) is 0 Å². The van der Waals surface area contributed by atoms with E-state index in [-0.39, 0.29) is 23.3 Å². The molecule has 5 rings (SSSR count). The smallest absolute Gasteiger partial charge is 0.272 e. The fourth-order valence-corrected chi connectivity index (χ4v) is 6.31. The minimum absolute atomic E-state index is 0.135. The lowest BCUT2D eigenvalue weighted by atomic mass is 10.2. The summed E-state index contributed by atoms with van der Waals surface area (Å²) in [6.07, 6.45) is 1.65. The van der Waals surface area contributed by atoms with Gasteiger partial charge < -0.3 is 16.0 Å². The van der Waals surface area contributed by atoms with Crippen molar-refractivity contribution >= 4 is 80.4 Å². The van der Waals surface area contributed by atoms with E-state index in [1.54, 1.807) is 53.8 Å². The summed E-state index contributed by atoms with van der Waals surface area (Å²) < 4.78 is 0. The zero-order chi connectivity index (χ0) is 27.7. The van der Waals surface area contributed by atoms with E-state index < -0.39 is 5.91 Å². The van der Waals surface area contributed by atoms with Gasteiger partial charge in [0, 0.05) is 26.4 Å². The molecule has 0 atom stereocenters. The molecule has 0 unspecified atom stereocenters. The fraction of sp³-hybridized carbons (Fsp3) is 0.0345. The van der Waals surface area contributed by atoms with Gasteiger partial charge in [0.05, 0.1) is 16.3 Å². The number of anilines is 2. The number of hydrogen-bond donors (Lipinski definition) is 3. The van der Waals surface area contributed by atoms with E-state index in [4.69, 9.17) is 0 Å². The molecule has 0 aliphatic rings. The fourth-order valence-electron chi connectivity index (χ4n) is 3.46. The molecule has 3 heterocycles. The third-order valence-electron chi connectivity index (χ3n) is 5.36. The highest BCUT2D eigenvalue weighted by Crippen LogP contribution is 2.28. The maximum Gasteiger partial charge on any atom is 0.272 e. The lowest BCUT2D eigenvalue weighted by Gasteiger charge is -2.11. The first-order valence-corrected chi connectivity index (χ1v) is 15.6. The van der Waals surface area contributed by atoms with E-state index >= 15 is 0 Å². The van der Waals surface area contributed by atoms with E-state index in [2.05, 4.69) is 20.9 Å². The van der Waals surface area contributed by atoms with Gasteiger partial charge >= 0.3 is 0 Å². The summed E-state index contributed by atoms with van der Waals surface area (Å²) in [5, 5.41) is 14.8. The molecule has 3 amide bonds. The molecule has 0 aliphatic carbocycles. The SMILES string of the molecule is O=C(CSc1ccc(NC(=O)/C(=C/c2cccs2)NC(=O)c2ccccc2)cc1)Nc1nc(-c2cccs2)cs1. The maximum atomic E-state index is 13.1. The standard InChI is InChI=1S/C29H22N4O3S4/c34-26(33-29-32-24(17-40-29)25-9-5-15-38-25)18-39-21-12-10-20(11-13-21)30-28(36)23(16-22-8-4-14-37-22)31-27(35)19-6-2-1-3-7-19/h1-17H,18H2,(H,30,36)(H,31,35)(H,32,33,34)/b23-16-. The quantitative estimate of drug-likeness (QED) is 0.117. The van der Waals surface area contributed by atoms with Crippen LogP contribution in [0.15, 0.2) is 106 Å². The van der Waals surface area contributed by atoms with Crippen molar-refractivity contribution in [3.63, 3.8) is 0 Å². The molecule has 200 valence electrons. The summed E-state index contributed by atoms with van der Waals surface area (Å²) in [6, 6.07) is 23.6.